The molecule has 4 nitrogen and oxygen atoms in total. The molecule has 0 aliphatic carbocycles. The van der Waals surface area contributed by atoms with Crippen LogP contribution >= 0.6 is 0 Å². The Bertz CT molecular complexity index is 1200. The summed E-state index contributed by atoms with van der Waals surface area (Å²) in [7, 11) is 0. The van der Waals surface area contributed by atoms with Crippen LogP contribution in [0.2, 0.25) is 0 Å². The van der Waals surface area contributed by atoms with Crippen LogP contribution in [-0.4, -0.2) is 10.4 Å². The minimum absolute atomic E-state index is 0.0336. The minimum atomic E-state index is -0.131. The summed E-state index contributed by atoms with van der Waals surface area (Å²) < 4.78 is 7.31. The molecule has 0 N–H and O–H groups in total. The molecule has 2 aromatic heterocycles. The summed E-state index contributed by atoms with van der Waals surface area (Å²) in [5, 5.41) is 0.602. The number of hydrogen-bond acceptors (Lipinski definition) is 3. The fourth-order valence-corrected chi connectivity index (χ4v) is 3.27. The second-order valence-corrected chi connectivity index (χ2v) is 6.72. The summed E-state index contributed by atoms with van der Waals surface area (Å²) in [6, 6.07) is 18.7. The lowest BCUT2D eigenvalue weighted by Gasteiger charge is -2.13. The van der Waals surface area contributed by atoms with Crippen molar-refractivity contribution in [3.63, 3.8) is 0 Å². The molecular weight excluding hydrogens is 338 g/mol. The van der Waals surface area contributed by atoms with Crippen molar-refractivity contribution < 1.29 is 9.21 Å². The molecule has 0 amide bonds. The monoisotopic (exact) mass is 357 g/mol. The van der Waals surface area contributed by atoms with E-state index in [4.69, 9.17) is 4.42 Å². The van der Waals surface area contributed by atoms with Gasteiger partial charge in [-0.2, -0.15) is 0 Å². The molecule has 0 saturated carbocycles. The second kappa shape index (κ2) is 6.72. The highest BCUT2D eigenvalue weighted by molar-refractivity contribution is 5.95. The van der Waals surface area contributed by atoms with Crippen LogP contribution < -0.4 is 5.43 Å². The van der Waals surface area contributed by atoms with Crippen LogP contribution in [0.1, 0.15) is 21.9 Å². The van der Waals surface area contributed by atoms with Gasteiger partial charge in [0.05, 0.1) is 12.1 Å². The number of aromatic nitrogens is 1. The van der Waals surface area contributed by atoms with Gasteiger partial charge in [-0.25, -0.2) is 0 Å². The van der Waals surface area contributed by atoms with E-state index in [1.807, 2.05) is 66.9 Å². The number of ketones is 1. The van der Waals surface area contributed by atoms with Crippen molar-refractivity contribution >= 4 is 16.7 Å². The number of carbonyl (C=O) groups excluding carboxylic acids is 1. The number of furan rings is 1. The normalized spacial score (nSPS) is 11.0. The van der Waals surface area contributed by atoms with Crippen LogP contribution in [0, 0.1) is 13.8 Å². The maximum absolute atomic E-state index is 13.0. The Morgan fingerprint density at radius 3 is 2.48 bits per heavy atom. The lowest BCUT2D eigenvalue weighted by Crippen LogP contribution is -2.16. The van der Waals surface area contributed by atoms with Crippen molar-refractivity contribution in [3.05, 3.63) is 94.2 Å². The highest BCUT2D eigenvalue weighted by Crippen LogP contribution is 2.21. The van der Waals surface area contributed by atoms with Crippen LogP contribution in [0.15, 0.2) is 76.1 Å². The van der Waals surface area contributed by atoms with Crippen molar-refractivity contribution in [3.8, 4) is 11.1 Å². The van der Waals surface area contributed by atoms with E-state index in [-0.39, 0.29) is 17.8 Å². The first-order valence-corrected chi connectivity index (χ1v) is 8.82. The molecule has 2 aromatic carbocycles. The van der Waals surface area contributed by atoms with Gasteiger partial charge in [0.25, 0.3) is 0 Å². The first kappa shape index (κ1) is 17.0. The number of carbonyl (C=O) groups is 1. The number of Topliss-reactive ketones (excluding diaryl/α,β-unsaturated/α-hetero) is 1. The zero-order valence-corrected chi connectivity index (χ0v) is 15.2. The molecule has 134 valence electrons. The molecule has 4 rings (SSSR count). The van der Waals surface area contributed by atoms with E-state index in [9.17, 15) is 9.59 Å². The Kier molecular flexibility index (Phi) is 4.24. The molecular formula is C23H19NO3. The smallest absolute Gasteiger partial charge is 0.217 e. The second-order valence-electron chi connectivity index (χ2n) is 6.72. The van der Waals surface area contributed by atoms with Gasteiger partial charge in [-0.05, 0) is 49.2 Å². The first-order valence-electron chi connectivity index (χ1n) is 8.82. The van der Waals surface area contributed by atoms with E-state index in [1.165, 1.54) is 0 Å². The van der Waals surface area contributed by atoms with Crippen molar-refractivity contribution in [1.82, 2.24) is 4.57 Å². The zero-order valence-electron chi connectivity index (χ0n) is 15.2. The molecule has 0 saturated heterocycles. The Morgan fingerprint density at radius 2 is 1.78 bits per heavy atom. The van der Waals surface area contributed by atoms with Gasteiger partial charge < -0.3 is 8.98 Å². The Balaban J connectivity index is 1.90. The third-order valence-corrected chi connectivity index (χ3v) is 4.65. The number of nitrogens with zero attached hydrogens (tertiary/aromatic N) is 1. The van der Waals surface area contributed by atoms with E-state index in [1.54, 1.807) is 18.3 Å². The van der Waals surface area contributed by atoms with Crippen molar-refractivity contribution in [2.45, 2.75) is 20.4 Å². The molecule has 0 aliphatic rings. The Hall–Kier alpha value is -3.40. The van der Waals surface area contributed by atoms with E-state index in [0.29, 0.717) is 22.5 Å². The number of fused-ring (bicyclic) bond motifs is 1. The highest BCUT2D eigenvalue weighted by atomic mass is 16.3. The molecule has 2 heterocycles. The van der Waals surface area contributed by atoms with Gasteiger partial charge in [-0.3, -0.25) is 9.59 Å². The third-order valence-electron chi connectivity index (χ3n) is 4.65. The molecule has 0 fully saturated rings. The van der Waals surface area contributed by atoms with Gasteiger partial charge in [0, 0.05) is 17.1 Å². The lowest BCUT2D eigenvalue weighted by molar-refractivity contribution is 0.0945. The quantitative estimate of drug-likeness (QED) is 0.495. The average molecular weight is 357 g/mol. The summed E-state index contributed by atoms with van der Waals surface area (Å²) in [6.45, 7) is 3.88. The molecule has 0 radical (unpaired) electrons. The summed E-state index contributed by atoms with van der Waals surface area (Å²) in [5.41, 5.74) is 3.16. The molecule has 27 heavy (non-hydrogen) atoms. The summed E-state index contributed by atoms with van der Waals surface area (Å²) in [6.07, 6.45) is 1.77. The maximum atomic E-state index is 13.0. The van der Waals surface area contributed by atoms with Gasteiger partial charge in [0.1, 0.15) is 5.76 Å². The lowest BCUT2D eigenvalue weighted by atomic mass is 10.0. The Labute approximate surface area is 156 Å². The van der Waals surface area contributed by atoms with Gasteiger partial charge in [0.15, 0.2) is 11.2 Å². The fraction of sp³-hybridized carbons (Fsp3) is 0.130. The summed E-state index contributed by atoms with van der Waals surface area (Å²) in [5.74, 6) is 0.894. The SMILES string of the molecule is Cc1ccc2c(=O)c(-c3ccccc3)cn(CC(=O)c3ccc(C)o3)c2c1. The number of benzene rings is 2. The van der Waals surface area contributed by atoms with Gasteiger partial charge in [-0.1, -0.05) is 36.4 Å². The number of aryl methyl sites for hydroxylation is 2. The molecule has 0 atom stereocenters. The standard InChI is InChI=1S/C23H19NO3/c1-15-8-10-18-20(12-15)24(14-21(25)22-11-9-16(2)27-22)13-19(23(18)26)17-6-4-3-5-7-17/h3-13H,14H2,1-2H3. The topological polar surface area (TPSA) is 52.2 Å². The maximum Gasteiger partial charge on any atom is 0.217 e. The minimum Gasteiger partial charge on any atom is -0.458 e. The van der Waals surface area contributed by atoms with E-state index in [2.05, 4.69) is 0 Å². The van der Waals surface area contributed by atoms with Crippen LogP contribution in [0.25, 0.3) is 22.0 Å². The summed E-state index contributed by atoms with van der Waals surface area (Å²) in [4.78, 5) is 25.7. The number of hydrogen-bond donors (Lipinski definition) is 0. The van der Waals surface area contributed by atoms with Crippen LogP contribution in [0.5, 0.6) is 0 Å². The zero-order chi connectivity index (χ0) is 19.0. The van der Waals surface area contributed by atoms with Crippen molar-refractivity contribution in [2.75, 3.05) is 0 Å². The van der Waals surface area contributed by atoms with Crippen LogP contribution in [0.3, 0.4) is 0 Å². The number of pyridine rings is 1. The largest absolute Gasteiger partial charge is 0.458 e. The average Bonchev–Trinajstić information content (AvgIpc) is 3.11. The predicted molar refractivity (Wildman–Crippen MR) is 106 cm³/mol. The molecule has 4 heteroatoms. The fourth-order valence-electron chi connectivity index (χ4n) is 3.27. The molecule has 0 bridgehead atoms. The van der Waals surface area contributed by atoms with Crippen LogP contribution in [0.4, 0.5) is 0 Å². The molecule has 4 aromatic rings. The highest BCUT2D eigenvalue weighted by Gasteiger charge is 2.15. The predicted octanol–water partition coefficient (Wildman–Crippen LogP) is 4.76. The molecule has 0 aliphatic heterocycles. The van der Waals surface area contributed by atoms with Gasteiger partial charge >= 0.3 is 0 Å². The van der Waals surface area contributed by atoms with Gasteiger partial charge in [0.2, 0.25) is 5.78 Å². The summed E-state index contributed by atoms with van der Waals surface area (Å²) >= 11 is 0. The third kappa shape index (κ3) is 3.22. The Morgan fingerprint density at radius 1 is 1.00 bits per heavy atom. The van der Waals surface area contributed by atoms with Crippen LogP contribution in [-0.2, 0) is 6.54 Å². The van der Waals surface area contributed by atoms with E-state index < -0.39 is 0 Å². The van der Waals surface area contributed by atoms with E-state index in [0.717, 1.165) is 16.6 Å². The first-order chi connectivity index (χ1) is 13.0. The van der Waals surface area contributed by atoms with Crippen molar-refractivity contribution in [2.24, 2.45) is 0 Å². The van der Waals surface area contributed by atoms with E-state index >= 15 is 0 Å². The molecule has 0 spiro atoms. The van der Waals surface area contributed by atoms with Gasteiger partial charge in [-0.15, -0.1) is 0 Å². The van der Waals surface area contributed by atoms with Crippen molar-refractivity contribution in [1.29, 1.82) is 0 Å². The number of rotatable bonds is 4. The molecule has 0 unspecified atom stereocenters.